The molecule has 0 heterocycles. The van der Waals surface area contributed by atoms with Gasteiger partial charge in [-0.2, -0.15) is 0 Å². The lowest BCUT2D eigenvalue weighted by atomic mass is 9.52. The van der Waals surface area contributed by atoms with E-state index in [2.05, 4.69) is 86.8 Å². The Morgan fingerprint density at radius 1 is 0.857 bits per heavy atom. The van der Waals surface area contributed by atoms with Crippen molar-refractivity contribution in [3.05, 3.63) is 100 Å². The highest BCUT2D eigenvalue weighted by Crippen LogP contribution is 2.61. The summed E-state index contributed by atoms with van der Waals surface area (Å²) in [4.78, 5) is 13.6. The predicted molar refractivity (Wildman–Crippen MR) is 114 cm³/mol. The number of carbonyl (C=O) groups is 1. The van der Waals surface area contributed by atoms with Crippen molar-refractivity contribution in [2.24, 2.45) is 5.41 Å². The molecule has 3 aliphatic carbocycles. The molecule has 0 aromatic heterocycles. The van der Waals surface area contributed by atoms with Crippen molar-refractivity contribution >= 4 is 11.6 Å². The van der Waals surface area contributed by atoms with E-state index in [9.17, 15) is 4.79 Å². The van der Waals surface area contributed by atoms with Crippen molar-refractivity contribution in [3.63, 3.8) is 0 Å². The summed E-state index contributed by atoms with van der Waals surface area (Å²) in [6.07, 6.45) is 0.850. The van der Waals surface area contributed by atoms with Gasteiger partial charge in [-0.1, -0.05) is 54.6 Å². The van der Waals surface area contributed by atoms with Crippen LogP contribution in [0.4, 0.5) is 5.69 Å². The van der Waals surface area contributed by atoms with Crippen LogP contribution < -0.4 is 5.32 Å². The van der Waals surface area contributed by atoms with Gasteiger partial charge < -0.3 is 5.32 Å². The molecular formula is C26H25NO. The molecule has 0 fully saturated rings. The molecule has 0 aliphatic heterocycles. The Labute approximate surface area is 166 Å². The Morgan fingerprint density at radius 2 is 1.43 bits per heavy atom. The van der Waals surface area contributed by atoms with Crippen molar-refractivity contribution in [2.45, 2.75) is 39.0 Å². The molecule has 140 valence electrons. The van der Waals surface area contributed by atoms with Crippen LogP contribution in [0.25, 0.3) is 0 Å². The maximum Gasteiger partial charge on any atom is 0.231 e. The van der Waals surface area contributed by atoms with Gasteiger partial charge in [0.05, 0.1) is 5.41 Å². The number of aryl methyl sites for hydroxylation is 2. The highest BCUT2D eigenvalue weighted by atomic mass is 16.2. The van der Waals surface area contributed by atoms with Crippen LogP contribution in [-0.2, 0) is 4.79 Å². The minimum Gasteiger partial charge on any atom is -0.326 e. The molecule has 3 aromatic carbocycles. The number of hydrogen-bond donors (Lipinski definition) is 1. The standard InChI is InChI=1S/C26H25NO/c1-16-12-13-18(14-17(16)2)27-25(28)26(3)15-23-19-8-4-6-10-21(19)24(26)22-11-7-5-9-20(22)23/h4-14,23-24H,15H2,1-3H3,(H,27,28)/t23?,24?,26-/m0/s1. The lowest BCUT2D eigenvalue weighted by Crippen LogP contribution is -2.47. The zero-order valence-corrected chi connectivity index (χ0v) is 16.6. The number of carbonyl (C=O) groups excluding carboxylic acids is 1. The first kappa shape index (κ1) is 17.2. The van der Waals surface area contributed by atoms with E-state index in [1.165, 1.54) is 33.4 Å². The summed E-state index contributed by atoms with van der Waals surface area (Å²) in [5, 5.41) is 3.23. The number of fused-ring (bicyclic) bond motifs is 1. The molecule has 28 heavy (non-hydrogen) atoms. The summed E-state index contributed by atoms with van der Waals surface area (Å²) < 4.78 is 0. The molecule has 6 rings (SSSR count). The number of hydrogen-bond acceptors (Lipinski definition) is 1. The smallest absolute Gasteiger partial charge is 0.231 e. The van der Waals surface area contributed by atoms with Gasteiger partial charge >= 0.3 is 0 Å². The first-order chi connectivity index (χ1) is 13.5. The van der Waals surface area contributed by atoms with Gasteiger partial charge in [0.2, 0.25) is 5.91 Å². The topological polar surface area (TPSA) is 29.1 Å². The third kappa shape index (κ3) is 2.37. The average molecular weight is 367 g/mol. The van der Waals surface area contributed by atoms with Gasteiger partial charge in [0.25, 0.3) is 0 Å². The molecule has 1 N–H and O–H groups in total. The van der Waals surface area contributed by atoms with Gasteiger partial charge in [-0.3, -0.25) is 4.79 Å². The molecule has 0 saturated heterocycles. The molecule has 1 atom stereocenters. The SMILES string of the molecule is Cc1ccc(NC(=O)[C@@]2(C)CC3c4ccccc4C2c2ccccc23)cc1C. The highest BCUT2D eigenvalue weighted by molar-refractivity contribution is 5.97. The molecule has 3 aromatic rings. The van der Waals surface area contributed by atoms with Crippen LogP contribution in [-0.4, -0.2) is 5.91 Å². The molecule has 1 amide bonds. The quantitative estimate of drug-likeness (QED) is 0.597. The fourth-order valence-electron chi connectivity index (χ4n) is 5.28. The van der Waals surface area contributed by atoms with E-state index in [4.69, 9.17) is 0 Å². The van der Waals surface area contributed by atoms with Crippen molar-refractivity contribution in [2.75, 3.05) is 5.32 Å². The fraction of sp³-hybridized carbons (Fsp3) is 0.269. The zero-order valence-electron chi connectivity index (χ0n) is 16.6. The molecule has 0 unspecified atom stereocenters. The van der Waals surface area contributed by atoms with Crippen molar-refractivity contribution < 1.29 is 4.79 Å². The van der Waals surface area contributed by atoms with Crippen molar-refractivity contribution in [1.82, 2.24) is 0 Å². The van der Waals surface area contributed by atoms with E-state index in [0.717, 1.165) is 12.1 Å². The van der Waals surface area contributed by atoms with Crippen LogP contribution in [0.2, 0.25) is 0 Å². The maximum absolute atomic E-state index is 13.6. The number of rotatable bonds is 2. The van der Waals surface area contributed by atoms with Crippen LogP contribution >= 0.6 is 0 Å². The van der Waals surface area contributed by atoms with Gasteiger partial charge in [0, 0.05) is 17.5 Å². The van der Waals surface area contributed by atoms with E-state index in [0.29, 0.717) is 0 Å². The van der Waals surface area contributed by atoms with Crippen LogP contribution in [0.3, 0.4) is 0 Å². The first-order valence-corrected chi connectivity index (χ1v) is 10.1. The van der Waals surface area contributed by atoms with Crippen LogP contribution in [0.15, 0.2) is 66.7 Å². The molecule has 2 bridgehead atoms. The molecule has 0 saturated carbocycles. The summed E-state index contributed by atoms with van der Waals surface area (Å²) in [6, 6.07) is 23.5. The second-order valence-electron chi connectivity index (χ2n) is 8.62. The second kappa shape index (κ2) is 6.07. The molecule has 0 spiro atoms. The lowest BCUT2D eigenvalue weighted by molar-refractivity contribution is -0.126. The summed E-state index contributed by atoms with van der Waals surface area (Å²) >= 11 is 0. The molecule has 0 radical (unpaired) electrons. The fourth-order valence-corrected chi connectivity index (χ4v) is 5.28. The van der Waals surface area contributed by atoms with E-state index in [1.807, 2.05) is 6.07 Å². The van der Waals surface area contributed by atoms with Gasteiger partial charge in [0.1, 0.15) is 0 Å². The first-order valence-electron chi connectivity index (χ1n) is 10.1. The Bertz CT molecular complexity index is 1050. The Balaban J connectivity index is 1.59. The van der Waals surface area contributed by atoms with Crippen molar-refractivity contribution in [3.8, 4) is 0 Å². The Morgan fingerprint density at radius 3 is 2.00 bits per heavy atom. The second-order valence-corrected chi connectivity index (χ2v) is 8.62. The van der Waals surface area contributed by atoms with E-state index >= 15 is 0 Å². The maximum atomic E-state index is 13.6. The van der Waals surface area contributed by atoms with Crippen LogP contribution in [0, 0.1) is 19.3 Å². The number of amides is 1. The predicted octanol–water partition coefficient (Wildman–Crippen LogP) is 5.93. The normalized spacial score (nSPS) is 24.4. The van der Waals surface area contributed by atoms with Gasteiger partial charge in [-0.05, 0) is 72.7 Å². The Hall–Kier alpha value is -2.87. The third-order valence-corrected chi connectivity index (χ3v) is 6.91. The lowest BCUT2D eigenvalue weighted by Gasteiger charge is -2.50. The minimum atomic E-state index is -0.466. The van der Waals surface area contributed by atoms with Gasteiger partial charge in [-0.15, -0.1) is 0 Å². The molecule has 2 heteroatoms. The number of nitrogens with one attached hydrogen (secondary N) is 1. The van der Waals surface area contributed by atoms with Crippen LogP contribution in [0.1, 0.15) is 58.6 Å². The van der Waals surface area contributed by atoms with E-state index < -0.39 is 5.41 Å². The zero-order chi connectivity index (χ0) is 19.5. The van der Waals surface area contributed by atoms with Crippen molar-refractivity contribution in [1.29, 1.82) is 0 Å². The van der Waals surface area contributed by atoms with E-state index in [-0.39, 0.29) is 17.7 Å². The summed E-state index contributed by atoms with van der Waals surface area (Å²) in [5.74, 6) is 0.499. The minimum absolute atomic E-state index is 0.0939. The highest BCUT2D eigenvalue weighted by Gasteiger charge is 2.53. The monoisotopic (exact) mass is 367 g/mol. The Kier molecular flexibility index (Phi) is 3.74. The summed E-state index contributed by atoms with van der Waals surface area (Å²) in [7, 11) is 0. The van der Waals surface area contributed by atoms with E-state index in [1.54, 1.807) is 0 Å². The number of benzene rings is 3. The molecule has 3 aliphatic rings. The van der Waals surface area contributed by atoms with Gasteiger partial charge in [0.15, 0.2) is 0 Å². The van der Waals surface area contributed by atoms with Crippen LogP contribution in [0.5, 0.6) is 0 Å². The largest absolute Gasteiger partial charge is 0.326 e. The molecular weight excluding hydrogens is 342 g/mol. The number of anilines is 1. The van der Waals surface area contributed by atoms with Gasteiger partial charge in [-0.25, -0.2) is 0 Å². The third-order valence-electron chi connectivity index (χ3n) is 6.91. The molecule has 2 nitrogen and oxygen atoms in total. The summed E-state index contributed by atoms with van der Waals surface area (Å²) in [5.41, 5.74) is 8.27. The summed E-state index contributed by atoms with van der Waals surface area (Å²) in [6.45, 7) is 6.32. The average Bonchev–Trinajstić information content (AvgIpc) is 2.71.